The van der Waals surface area contributed by atoms with Crippen LogP contribution in [0.15, 0.2) is 29.2 Å². The van der Waals surface area contributed by atoms with E-state index >= 15 is 0 Å². The van der Waals surface area contributed by atoms with Crippen molar-refractivity contribution in [3.8, 4) is 0 Å². The van der Waals surface area contributed by atoms with Crippen LogP contribution >= 0.6 is 11.8 Å². The highest BCUT2D eigenvalue weighted by atomic mass is 32.2. The highest BCUT2D eigenvalue weighted by molar-refractivity contribution is 8.00. The summed E-state index contributed by atoms with van der Waals surface area (Å²) < 4.78 is 0. The van der Waals surface area contributed by atoms with Crippen molar-refractivity contribution >= 4 is 17.7 Å². The lowest BCUT2D eigenvalue weighted by atomic mass is 10.1. The van der Waals surface area contributed by atoms with Gasteiger partial charge in [0.05, 0.1) is 5.75 Å². The molecule has 1 aromatic carbocycles. The van der Waals surface area contributed by atoms with Crippen molar-refractivity contribution in [1.29, 1.82) is 0 Å². The summed E-state index contributed by atoms with van der Waals surface area (Å²) in [6.45, 7) is 2.99. The van der Waals surface area contributed by atoms with Crippen molar-refractivity contribution in [3.05, 3.63) is 29.8 Å². The molecule has 104 valence electrons. The fourth-order valence-electron chi connectivity index (χ4n) is 1.82. The smallest absolute Gasteiger partial charge is 0.230 e. The van der Waals surface area contributed by atoms with E-state index in [1.165, 1.54) is 18.4 Å². The molecule has 0 spiro atoms. The molecule has 3 nitrogen and oxygen atoms in total. The van der Waals surface area contributed by atoms with Crippen LogP contribution in [0, 0.1) is 5.92 Å². The minimum absolute atomic E-state index is 0.143. The Morgan fingerprint density at radius 3 is 2.95 bits per heavy atom. The van der Waals surface area contributed by atoms with Gasteiger partial charge in [-0.3, -0.25) is 4.79 Å². The summed E-state index contributed by atoms with van der Waals surface area (Å²) >= 11 is 1.60. The van der Waals surface area contributed by atoms with Crippen LogP contribution in [0.3, 0.4) is 0 Å². The molecular weight excluding hydrogens is 256 g/mol. The molecule has 1 amide bonds. The lowest BCUT2D eigenvalue weighted by Gasteiger charge is -2.11. The van der Waals surface area contributed by atoms with E-state index in [9.17, 15) is 4.79 Å². The van der Waals surface area contributed by atoms with E-state index < -0.39 is 0 Å². The SMILES string of the molecule is CNC(C)c1cccc(SCC(=O)NCC2CC2)c1. The predicted octanol–water partition coefficient (Wildman–Crippen LogP) is 2.59. The first-order chi connectivity index (χ1) is 9.19. The zero-order valence-corrected chi connectivity index (χ0v) is 12.4. The van der Waals surface area contributed by atoms with Gasteiger partial charge in [0, 0.05) is 17.5 Å². The van der Waals surface area contributed by atoms with Crippen molar-refractivity contribution in [2.45, 2.75) is 30.7 Å². The Kier molecular flexibility index (Phi) is 5.28. The first-order valence-electron chi connectivity index (χ1n) is 6.85. The summed E-state index contributed by atoms with van der Waals surface area (Å²) in [5.74, 6) is 1.39. The normalized spacial score (nSPS) is 16.1. The maximum Gasteiger partial charge on any atom is 0.230 e. The molecule has 2 N–H and O–H groups in total. The van der Waals surface area contributed by atoms with Crippen LogP contribution in [-0.2, 0) is 4.79 Å². The third-order valence-electron chi connectivity index (χ3n) is 3.45. The van der Waals surface area contributed by atoms with E-state index in [0.29, 0.717) is 11.8 Å². The Bertz CT molecular complexity index is 432. The average molecular weight is 278 g/mol. The van der Waals surface area contributed by atoms with Crippen LogP contribution in [0.5, 0.6) is 0 Å². The van der Waals surface area contributed by atoms with Gasteiger partial charge >= 0.3 is 0 Å². The van der Waals surface area contributed by atoms with Gasteiger partial charge in [-0.15, -0.1) is 11.8 Å². The zero-order valence-electron chi connectivity index (χ0n) is 11.6. The maximum atomic E-state index is 11.7. The molecule has 1 aliphatic carbocycles. The molecule has 1 aliphatic rings. The number of nitrogens with one attached hydrogen (secondary N) is 2. The Morgan fingerprint density at radius 1 is 1.47 bits per heavy atom. The highest BCUT2D eigenvalue weighted by Crippen LogP contribution is 2.27. The largest absolute Gasteiger partial charge is 0.355 e. The molecule has 0 aliphatic heterocycles. The van der Waals surface area contributed by atoms with Gasteiger partial charge in [-0.25, -0.2) is 0 Å². The van der Waals surface area contributed by atoms with Gasteiger partial charge in [-0.2, -0.15) is 0 Å². The Hall–Kier alpha value is -1.00. The van der Waals surface area contributed by atoms with Crippen LogP contribution in [0.25, 0.3) is 0 Å². The maximum absolute atomic E-state index is 11.7. The van der Waals surface area contributed by atoms with Gasteiger partial charge < -0.3 is 10.6 Å². The van der Waals surface area contributed by atoms with E-state index in [1.54, 1.807) is 11.8 Å². The number of carbonyl (C=O) groups excluding carboxylic acids is 1. The molecule has 0 saturated heterocycles. The summed E-state index contributed by atoms with van der Waals surface area (Å²) in [5, 5.41) is 6.22. The van der Waals surface area contributed by atoms with E-state index in [2.05, 4.69) is 35.8 Å². The number of benzene rings is 1. The highest BCUT2D eigenvalue weighted by Gasteiger charge is 2.21. The second-order valence-corrected chi connectivity index (χ2v) is 6.17. The minimum Gasteiger partial charge on any atom is -0.355 e. The summed E-state index contributed by atoms with van der Waals surface area (Å²) in [6.07, 6.45) is 2.55. The van der Waals surface area contributed by atoms with Crippen molar-refractivity contribution in [2.75, 3.05) is 19.3 Å². The van der Waals surface area contributed by atoms with Crippen molar-refractivity contribution in [2.24, 2.45) is 5.92 Å². The molecule has 1 atom stereocenters. The van der Waals surface area contributed by atoms with Gasteiger partial charge in [0.2, 0.25) is 5.91 Å². The average Bonchev–Trinajstić information content (AvgIpc) is 3.26. The predicted molar refractivity (Wildman–Crippen MR) is 80.4 cm³/mol. The summed E-state index contributed by atoms with van der Waals surface area (Å²) in [5.41, 5.74) is 1.26. The molecule has 0 aromatic heterocycles. The second-order valence-electron chi connectivity index (χ2n) is 5.12. The first kappa shape index (κ1) is 14.4. The third-order valence-corrected chi connectivity index (χ3v) is 4.44. The third kappa shape index (κ3) is 4.88. The standard InChI is InChI=1S/C15H22N2OS/c1-11(16-2)13-4-3-5-14(8-13)19-10-15(18)17-9-12-6-7-12/h3-5,8,11-12,16H,6-7,9-10H2,1-2H3,(H,17,18). The topological polar surface area (TPSA) is 41.1 Å². The van der Waals surface area contributed by atoms with E-state index in [1.807, 2.05) is 13.1 Å². The summed E-state index contributed by atoms with van der Waals surface area (Å²) in [6, 6.07) is 8.71. The molecule has 0 heterocycles. The molecule has 1 fully saturated rings. The van der Waals surface area contributed by atoms with Crippen LogP contribution in [0.1, 0.15) is 31.4 Å². The van der Waals surface area contributed by atoms with E-state index in [-0.39, 0.29) is 5.91 Å². The molecular formula is C15H22N2OS. The lowest BCUT2D eigenvalue weighted by Crippen LogP contribution is -2.27. The molecule has 2 rings (SSSR count). The van der Waals surface area contributed by atoms with Gasteiger partial charge in [0.25, 0.3) is 0 Å². The number of carbonyl (C=O) groups is 1. The number of hydrogen-bond acceptors (Lipinski definition) is 3. The number of rotatable bonds is 7. The fraction of sp³-hybridized carbons (Fsp3) is 0.533. The van der Waals surface area contributed by atoms with E-state index in [0.717, 1.165) is 17.4 Å². The van der Waals surface area contributed by atoms with Crippen molar-refractivity contribution < 1.29 is 4.79 Å². The van der Waals surface area contributed by atoms with Crippen molar-refractivity contribution in [3.63, 3.8) is 0 Å². The number of thioether (sulfide) groups is 1. The lowest BCUT2D eigenvalue weighted by molar-refractivity contribution is -0.118. The monoisotopic (exact) mass is 278 g/mol. The Morgan fingerprint density at radius 2 is 2.26 bits per heavy atom. The molecule has 1 saturated carbocycles. The quantitative estimate of drug-likeness (QED) is 0.753. The van der Waals surface area contributed by atoms with Gasteiger partial charge in [-0.05, 0) is 50.4 Å². The Labute approximate surface area is 119 Å². The molecule has 4 heteroatoms. The zero-order chi connectivity index (χ0) is 13.7. The molecule has 1 unspecified atom stereocenters. The van der Waals surface area contributed by atoms with E-state index in [4.69, 9.17) is 0 Å². The fourth-order valence-corrected chi connectivity index (χ4v) is 2.61. The molecule has 19 heavy (non-hydrogen) atoms. The van der Waals surface area contributed by atoms with Crippen LogP contribution in [-0.4, -0.2) is 25.3 Å². The first-order valence-corrected chi connectivity index (χ1v) is 7.84. The minimum atomic E-state index is 0.143. The second kappa shape index (κ2) is 6.96. The molecule has 0 radical (unpaired) electrons. The van der Waals surface area contributed by atoms with Gasteiger partial charge in [0.15, 0.2) is 0 Å². The van der Waals surface area contributed by atoms with Gasteiger partial charge in [0.1, 0.15) is 0 Å². The molecule has 0 bridgehead atoms. The molecule has 1 aromatic rings. The van der Waals surface area contributed by atoms with Crippen molar-refractivity contribution in [1.82, 2.24) is 10.6 Å². The van der Waals surface area contributed by atoms with Crippen LogP contribution in [0.2, 0.25) is 0 Å². The van der Waals surface area contributed by atoms with Crippen LogP contribution in [0.4, 0.5) is 0 Å². The van der Waals surface area contributed by atoms with Crippen LogP contribution < -0.4 is 10.6 Å². The summed E-state index contributed by atoms with van der Waals surface area (Å²) in [4.78, 5) is 12.8. The van der Waals surface area contributed by atoms with Gasteiger partial charge in [-0.1, -0.05) is 12.1 Å². The Balaban J connectivity index is 1.79. The summed E-state index contributed by atoms with van der Waals surface area (Å²) in [7, 11) is 1.95. The number of amides is 1. The number of hydrogen-bond donors (Lipinski definition) is 2.